The monoisotopic (exact) mass is 549 g/mol. The van der Waals surface area contributed by atoms with Crippen LogP contribution in [0, 0.1) is 11.3 Å². The molecule has 0 fully saturated rings. The van der Waals surface area contributed by atoms with Gasteiger partial charge in [0.2, 0.25) is 5.95 Å². The molecule has 10 heteroatoms. The highest BCUT2D eigenvalue weighted by molar-refractivity contribution is 6.31. The van der Waals surface area contributed by atoms with E-state index in [4.69, 9.17) is 30.8 Å². The number of methoxy groups -OCH3 is 1. The first-order valence-corrected chi connectivity index (χ1v) is 12.9. The van der Waals surface area contributed by atoms with Crippen molar-refractivity contribution < 1.29 is 19.0 Å². The fourth-order valence-electron chi connectivity index (χ4n) is 4.37. The molecule has 0 bridgehead atoms. The van der Waals surface area contributed by atoms with Crippen LogP contribution >= 0.6 is 11.6 Å². The number of rotatable bonds is 7. The van der Waals surface area contributed by atoms with E-state index in [9.17, 15) is 10.1 Å². The lowest BCUT2D eigenvalue weighted by Gasteiger charge is -2.26. The summed E-state index contributed by atoms with van der Waals surface area (Å²) in [6.45, 7) is 10.7. The van der Waals surface area contributed by atoms with Gasteiger partial charge in [-0.15, -0.1) is 0 Å². The largest absolute Gasteiger partial charge is 0.489 e. The second-order valence-electron chi connectivity index (χ2n) is 10.9. The Morgan fingerprint density at radius 1 is 1.21 bits per heavy atom. The molecule has 39 heavy (non-hydrogen) atoms. The topological polar surface area (TPSA) is 110 Å². The van der Waals surface area contributed by atoms with Crippen molar-refractivity contribution in [3.63, 3.8) is 0 Å². The molecular weight excluding hydrogens is 518 g/mol. The molecule has 0 unspecified atom stereocenters. The van der Waals surface area contributed by atoms with Crippen LogP contribution in [0.5, 0.6) is 5.75 Å². The maximum atomic E-state index is 13.0. The molecule has 3 aromatic rings. The fraction of sp³-hybridized carbons (Fsp3) is 0.379. The zero-order valence-electron chi connectivity index (χ0n) is 23.0. The molecule has 2 heterocycles. The number of aromatic nitrogens is 2. The summed E-state index contributed by atoms with van der Waals surface area (Å²) in [4.78, 5) is 23.6. The van der Waals surface area contributed by atoms with Gasteiger partial charge in [0.1, 0.15) is 24.0 Å². The van der Waals surface area contributed by atoms with Crippen molar-refractivity contribution in [3.8, 4) is 23.1 Å². The molecule has 1 aromatic heterocycles. The minimum Gasteiger partial charge on any atom is -0.489 e. The minimum absolute atomic E-state index is 0.333. The molecule has 204 valence electrons. The minimum atomic E-state index is -0.654. The Hall–Kier alpha value is -3.87. The molecule has 1 aliphatic heterocycles. The maximum Gasteiger partial charge on any atom is 0.414 e. The number of nitrogens with zero attached hydrogens (tertiary/aromatic N) is 4. The van der Waals surface area contributed by atoms with E-state index >= 15 is 0 Å². The molecule has 0 spiro atoms. The third kappa shape index (κ3) is 6.41. The maximum absolute atomic E-state index is 13.0. The number of benzene rings is 2. The Kier molecular flexibility index (Phi) is 8.00. The number of amides is 1. The Balaban J connectivity index is 1.69. The summed E-state index contributed by atoms with van der Waals surface area (Å²) in [6.07, 6.45) is 1.16. The molecule has 4 rings (SSSR count). The Morgan fingerprint density at radius 3 is 2.67 bits per heavy atom. The first kappa shape index (κ1) is 28.1. The van der Waals surface area contributed by atoms with Crippen LogP contribution in [0.15, 0.2) is 42.6 Å². The van der Waals surface area contributed by atoms with Gasteiger partial charge >= 0.3 is 6.09 Å². The third-order valence-corrected chi connectivity index (χ3v) is 6.32. The predicted octanol–water partition coefficient (Wildman–Crippen LogP) is 6.47. The molecule has 0 saturated carbocycles. The molecule has 0 aliphatic carbocycles. The highest BCUT2D eigenvalue weighted by Gasteiger charge is 2.42. The average molecular weight is 550 g/mol. The predicted molar refractivity (Wildman–Crippen MR) is 151 cm³/mol. The Labute approximate surface area is 233 Å². The number of nitriles is 1. The summed E-state index contributed by atoms with van der Waals surface area (Å²) in [5, 5.41) is 13.8. The lowest BCUT2D eigenvalue weighted by Crippen LogP contribution is -2.38. The van der Waals surface area contributed by atoms with E-state index in [2.05, 4.69) is 16.4 Å². The smallest absolute Gasteiger partial charge is 0.414 e. The average Bonchev–Trinajstić information content (AvgIpc) is 3.15. The number of carbonyl (C=O) groups excluding carboxylic acids is 1. The Bertz CT molecular complexity index is 1430. The van der Waals surface area contributed by atoms with Crippen LogP contribution in [-0.4, -0.2) is 48.5 Å². The van der Waals surface area contributed by atoms with E-state index in [-0.39, 0.29) is 0 Å². The number of anilines is 3. The number of carbonyl (C=O) groups is 1. The molecule has 2 aromatic carbocycles. The molecule has 1 aliphatic rings. The van der Waals surface area contributed by atoms with Crippen LogP contribution in [0.1, 0.15) is 45.7 Å². The fourth-order valence-corrected chi connectivity index (χ4v) is 4.54. The van der Waals surface area contributed by atoms with Gasteiger partial charge in [0.15, 0.2) is 0 Å². The molecular formula is C29H32ClN5O4. The lowest BCUT2D eigenvalue weighted by atomic mass is 9.85. The quantitative estimate of drug-likeness (QED) is 0.334. The normalized spacial score (nSPS) is 13.9. The van der Waals surface area contributed by atoms with Crippen molar-refractivity contribution >= 4 is 35.0 Å². The number of hydrogen-bond acceptors (Lipinski definition) is 8. The first-order valence-electron chi connectivity index (χ1n) is 12.5. The van der Waals surface area contributed by atoms with E-state index in [0.29, 0.717) is 59.1 Å². The van der Waals surface area contributed by atoms with Gasteiger partial charge in [0.25, 0.3) is 0 Å². The summed E-state index contributed by atoms with van der Waals surface area (Å²) in [7, 11) is 1.61. The van der Waals surface area contributed by atoms with E-state index in [1.54, 1.807) is 48.5 Å². The number of ether oxygens (including phenoxy) is 3. The number of hydrogen-bond donors (Lipinski definition) is 1. The van der Waals surface area contributed by atoms with Gasteiger partial charge in [-0.25, -0.2) is 14.8 Å². The first-order chi connectivity index (χ1) is 18.4. The van der Waals surface area contributed by atoms with Crippen LogP contribution in [0.25, 0.3) is 11.3 Å². The van der Waals surface area contributed by atoms with Gasteiger partial charge in [-0.2, -0.15) is 5.26 Å². The zero-order chi connectivity index (χ0) is 28.4. The van der Waals surface area contributed by atoms with Crippen molar-refractivity contribution in [2.75, 3.05) is 37.1 Å². The van der Waals surface area contributed by atoms with Crippen molar-refractivity contribution in [1.29, 1.82) is 5.26 Å². The van der Waals surface area contributed by atoms with Crippen LogP contribution in [0.2, 0.25) is 5.02 Å². The van der Waals surface area contributed by atoms with Crippen LogP contribution in [-0.2, 0) is 14.9 Å². The van der Waals surface area contributed by atoms with Crippen LogP contribution in [0.3, 0.4) is 0 Å². The summed E-state index contributed by atoms with van der Waals surface area (Å²) >= 11 is 6.23. The molecule has 9 nitrogen and oxygen atoms in total. The second-order valence-corrected chi connectivity index (χ2v) is 11.3. The van der Waals surface area contributed by atoms with Crippen molar-refractivity contribution in [2.45, 2.75) is 45.6 Å². The van der Waals surface area contributed by atoms with Gasteiger partial charge < -0.3 is 19.5 Å². The Morgan fingerprint density at radius 2 is 1.97 bits per heavy atom. The van der Waals surface area contributed by atoms with Gasteiger partial charge in [-0.1, -0.05) is 25.4 Å². The standard InChI is InChI=1S/C29H32ClN5O4/c1-28(2,3)39-27(36)35-17-29(4,5)21-14-18(13-19(16-31)25(21)35)22-9-10-32-26(33-22)34-23-15-20(30)7-8-24(23)38-12-11-37-6/h7-10,13-15H,11-12,17H2,1-6H3,(H,32,33,34). The van der Waals surface area contributed by atoms with E-state index in [1.807, 2.05) is 40.7 Å². The highest BCUT2D eigenvalue weighted by atomic mass is 35.5. The lowest BCUT2D eigenvalue weighted by molar-refractivity contribution is 0.0579. The second kappa shape index (κ2) is 11.1. The van der Waals surface area contributed by atoms with Gasteiger partial charge in [0, 0.05) is 35.9 Å². The third-order valence-electron chi connectivity index (χ3n) is 6.08. The SMILES string of the molecule is COCCOc1ccc(Cl)cc1Nc1nccc(-c2cc(C#N)c3c(c2)C(C)(C)CN3C(=O)OC(C)(C)C)n1. The summed E-state index contributed by atoms with van der Waals surface area (Å²) in [6, 6.07) is 13.0. The highest BCUT2D eigenvalue weighted by Crippen LogP contribution is 2.45. The van der Waals surface area contributed by atoms with Crippen molar-refractivity contribution in [3.05, 3.63) is 58.7 Å². The number of halogens is 1. The summed E-state index contributed by atoms with van der Waals surface area (Å²) in [5.74, 6) is 0.916. The van der Waals surface area contributed by atoms with Gasteiger partial charge in [-0.05, 0) is 62.7 Å². The van der Waals surface area contributed by atoms with E-state index in [0.717, 1.165) is 11.1 Å². The molecule has 1 N–H and O–H groups in total. The van der Waals surface area contributed by atoms with Crippen molar-refractivity contribution in [1.82, 2.24) is 9.97 Å². The molecule has 1 amide bonds. The number of fused-ring (bicyclic) bond motifs is 1. The van der Waals surface area contributed by atoms with Crippen LogP contribution in [0.4, 0.5) is 22.1 Å². The molecule has 0 radical (unpaired) electrons. The van der Waals surface area contributed by atoms with Crippen molar-refractivity contribution in [2.24, 2.45) is 0 Å². The molecule has 0 saturated heterocycles. The van der Waals surface area contributed by atoms with Gasteiger partial charge in [0.05, 0.1) is 29.2 Å². The van der Waals surface area contributed by atoms with E-state index in [1.165, 1.54) is 0 Å². The number of nitrogens with one attached hydrogen (secondary N) is 1. The summed E-state index contributed by atoms with van der Waals surface area (Å²) in [5.41, 5.74) is 2.71. The molecule has 0 atom stereocenters. The van der Waals surface area contributed by atoms with Crippen LogP contribution < -0.4 is 15.0 Å². The summed E-state index contributed by atoms with van der Waals surface area (Å²) < 4.78 is 16.5. The zero-order valence-corrected chi connectivity index (χ0v) is 23.7. The van der Waals surface area contributed by atoms with Gasteiger partial charge in [-0.3, -0.25) is 4.90 Å². The van der Waals surface area contributed by atoms with E-state index < -0.39 is 17.1 Å².